The van der Waals surface area contributed by atoms with Gasteiger partial charge in [-0.05, 0) is 17.7 Å². The Morgan fingerprint density at radius 1 is 1.18 bits per heavy atom. The van der Waals surface area contributed by atoms with Gasteiger partial charge >= 0.3 is 0 Å². The van der Waals surface area contributed by atoms with Crippen LogP contribution in [-0.4, -0.2) is 18.1 Å². The molecule has 0 heterocycles. The molecule has 0 aliphatic rings. The molecule has 7 heteroatoms. The summed E-state index contributed by atoms with van der Waals surface area (Å²) in [5, 5.41) is 12.0. The molecular formula is C15H12F3NO3. The number of amides is 1. The van der Waals surface area contributed by atoms with Gasteiger partial charge in [-0.2, -0.15) is 0 Å². The average molecular weight is 311 g/mol. The Labute approximate surface area is 124 Å². The van der Waals surface area contributed by atoms with Gasteiger partial charge in [0.25, 0.3) is 5.91 Å². The monoisotopic (exact) mass is 311 g/mol. The maximum atomic E-state index is 13.1. The molecule has 2 aromatic carbocycles. The van der Waals surface area contributed by atoms with Gasteiger partial charge in [0.1, 0.15) is 5.75 Å². The number of hydrogen-bond donors (Lipinski definition) is 2. The molecular weight excluding hydrogens is 299 g/mol. The van der Waals surface area contributed by atoms with Crippen LogP contribution in [0.4, 0.5) is 18.9 Å². The number of methoxy groups -OCH3 is 1. The maximum absolute atomic E-state index is 13.1. The van der Waals surface area contributed by atoms with Crippen molar-refractivity contribution in [3.05, 3.63) is 59.4 Å². The van der Waals surface area contributed by atoms with Crippen LogP contribution >= 0.6 is 0 Å². The number of nitrogens with one attached hydrogen (secondary N) is 1. The molecule has 0 fully saturated rings. The van der Waals surface area contributed by atoms with E-state index in [1.807, 2.05) is 0 Å². The second kappa shape index (κ2) is 6.48. The van der Waals surface area contributed by atoms with Crippen LogP contribution in [0, 0.1) is 17.5 Å². The van der Waals surface area contributed by atoms with E-state index in [2.05, 4.69) is 5.32 Å². The molecule has 0 saturated heterocycles. The summed E-state index contributed by atoms with van der Waals surface area (Å²) in [4.78, 5) is 11.9. The van der Waals surface area contributed by atoms with Crippen molar-refractivity contribution in [1.29, 1.82) is 0 Å². The normalized spacial score (nSPS) is 11.9. The van der Waals surface area contributed by atoms with Crippen molar-refractivity contribution in [3.8, 4) is 5.75 Å². The molecule has 0 spiro atoms. The van der Waals surface area contributed by atoms with Crippen LogP contribution in [-0.2, 0) is 4.79 Å². The van der Waals surface area contributed by atoms with Crippen molar-refractivity contribution in [1.82, 2.24) is 0 Å². The maximum Gasteiger partial charge on any atom is 0.257 e. The molecule has 0 aromatic heterocycles. The second-order valence-corrected chi connectivity index (χ2v) is 4.42. The lowest BCUT2D eigenvalue weighted by Crippen LogP contribution is -2.21. The van der Waals surface area contributed by atoms with E-state index < -0.39 is 29.5 Å². The van der Waals surface area contributed by atoms with E-state index in [4.69, 9.17) is 4.74 Å². The third kappa shape index (κ3) is 3.37. The smallest absolute Gasteiger partial charge is 0.257 e. The Bertz CT molecular complexity index is 683. The van der Waals surface area contributed by atoms with E-state index in [-0.39, 0.29) is 11.3 Å². The number of benzene rings is 2. The van der Waals surface area contributed by atoms with Gasteiger partial charge in [0.05, 0.1) is 7.11 Å². The van der Waals surface area contributed by atoms with Crippen molar-refractivity contribution in [3.63, 3.8) is 0 Å². The highest BCUT2D eigenvalue weighted by Gasteiger charge is 2.19. The Balaban J connectivity index is 2.17. The highest BCUT2D eigenvalue weighted by molar-refractivity contribution is 5.94. The van der Waals surface area contributed by atoms with Gasteiger partial charge in [-0.15, -0.1) is 0 Å². The molecule has 0 aliphatic heterocycles. The number of ether oxygens (including phenoxy) is 1. The summed E-state index contributed by atoms with van der Waals surface area (Å²) >= 11 is 0. The van der Waals surface area contributed by atoms with Crippen LogP contribution < -0.4 is 10.1 Å². The van der Waals surface area contributed by atoms with E-state index in [1.165, 1.54) is 19.2 Å². The van der Waals surface area contributed by atoms with Gasteiger partial charge in [-0.3, -0.25) is 4.79 Å². The van der Waals surface area contributed by atoms with Crippen LogP contribution in [0.15, 0.2) is 36.4 Å². The summed E-state index contributed by atoms with van der Waals surface area (Å²) in [5.41, 5.74) is -0.0664. The molecule has 0 bridgehead atoms. The number of carbonyl (C=O) groups excluding carboxylic acids is 1. The summed E-state index contributed by atoms with van der Waals surface area (Å²) in [6.45, 7) is 0. The highest BCUT2D eigenvalue weighted by Crippen LogP contribution is 2.22. The second-order valence-electron chi connectivity index (χ2n) is 4.42. The molecule has 1 atom stereocenters. The fraction of sp³-hybridized carbons (Fsp3) is 0.133. The lowest BCUT2D eigenvalue weighted by molar-refractivity contribution is -0.124. The topological polar surface area (TPSA) is 58.6 Å². The third-order valence-electron chi connectivity index (χ3n) is 2.91. The zero-order chi connectivity index (χ0) is 16.3. The molecule has 116 valence electrons. The van der Waals surface area contributed by atoms with Gasteiger partial charge in [0.2, 0.25) is 0 Å². The van der Waals surface area contributed by atoms with E-state index in [0.717, 1.165) is 0 Å². The van der Waals surface area contributed by atoms with Crippen LogP contribution in [0.2, 0.25) is 0 Å². The largest absolute Gasteiger partial charge is 0.497 e. The van der Waals surface area contributed by atoms with Gasteiger partial charge in [0, 0.05) is 17.8 Å². The summed E-state index contributed by atoms with van der Waals surface area (Å²) in [5.74, 6) is -4.99. The van der Waals surface area contributed by atoms with Crippen molar-refractivity contribution < 1.29 is 27.8 Å². The lowest BCUT2D eigenvalue weighted by atomic mass is 10.1. The predicted octanol–water partition coefficient (Wildman–Crippen LogP) is 2.78. The van der Waals surface area contributed by atoms with Crippen molar-refractivity contribution >= 4 is 11.6 Å². The molecule has 1 amide bonds. The van der Waals surface area contributed by atoms with Gasteiger partial charge in [0.15, 0.2) is 23.6 Å². The van der Waals surface area contributed by atoms with Crippen LogP contribution in [0.1, 0.15) is 11.7 Å². The van der Waals surface area contributed by atoms with Crippen LogP contribution in [0.3, 0.4) is 0 Å². The number of aliphatic hydroxyl groups excluding tert-OH is 1. The molecule has 0 radical (unpaired) electrons. The number of rotatable bonds is 4. The third-order valence-corrected chi connectivity index (χ3v) is 2.91. The minimum atomic E-state index is -1.63. The molecule has 1 unspecified atom stereocenters. The van der Waals surface area contributed by atoms with Gasteiger partial charge in [-0.1, -0.05) is 12.1 Å². The minimum Gasteiger partial charge on any atom is -0.497 e. The predicted molar refractivity (Wildman–Crippen MR) is 72.9 cm³/mol. The molecule has 2 N–H and O–H groups in total. The number of anilines is 1. The first-order valence-corrected chi connectivity index (χ1v) is 6.20. The van der Waals surface area contributed by atoms with Crippen molar-refractivity contribution in [2.24, 2.45) is 0 Å². The summed E-state index contributed by atoms with van der Waals surface area (Å²) < 4.78 is 43.9. The van der Waals surface area contributed by atoms with E-state index in [1.54, 1.807) is 12.1 Å². The number of hydrogen-bond acceptors (Lipinski definition) is 3. The van der Waals surface area contributed by atoms with E-state index in [9.17, 15) is 23.1 Å². The Morgan fingerprint density at radius 3 is 2.41 bits per heavy atom. The van der Waals surface area contributed by atoms with Gasteiger partial charge < -0.3 is 15.2 Å². The summed E-state index contributed by atoms with van der Waals surface area (Å²) in [6.07, 6.45) is -1.58. The molecule has 0 saturated carbocycles. The quantitative estimate of drug-likeness (QED) is 0.854. The van der Waals surface area contributed by atoms with E-state index >= 15 is 0 Å². The standard InChI is InChI=1S/C15H12F3NO3/c1-22-10-4-2-3-8(5-10)14(20)15(21)19-9-6-11(16)13(18)12(17)7-9/h2-7,14,20H,1H3,(H,19,21). The Kier molecular flexibility index (Phi) is 4.67. The molecule has 22 heavy (non-hydrogen) atoms. The van der Waals surface area contributed by atoms with Crippen molar-refractivity contribution in [2.45, 2.75) is 6.10 Å². The number of carbonyl (C=O) groups is 1. The van der Waals surface area contributed by atoms with Gasteiger partial charge in [-0.25, -0.2) is 13.2 Å². The fourth-order valence-corrected chi connectivity index (χ4v) is 1.80. The molecule has 4 nitrogen and oxygen atoms in total. The number of aliphatic hydroxyl groups is 1. The first kappa shape index (κ1) is 15.8. The first-order chi connectivity index (χ1) is 10.4. The minimum absolute atomic E-state index is 0.236. The lowest BCUT2D eigenvalue weighted by Gasteiger charge is -2.13. The summed E-state index contributed by atoms with van der Waals surface area (Å²) in [6, 6.07) is 7.36. The SMILES string of the molecule is COc1cccc(C(O)C(=O)Nc2cc(F)c(F)c(F)c2)c1. The number of halogens is 3. The van der Waals surface area contributed by atoms with Crippen LogP contribution in [0.25, 0.3) is 0 Å². The highest BCUT2D eigenvalue weighted by atomic mass is 19.2. The van der Waals surface area contributed by atoms with E-state index in [0.29, 0.717) is 17.9 Å². The molecule has 0 aliphatic carbocycles. The van der Waals surface area contributed by atoms with Crippen molar-refractivity contribution in [2.75, 3.05) is 12.4 Å². The fourth-order valence-electron chi connectivity index (χ4n) is 1.80. The Morgan fingerprint density at radius 2 is 1.82 bits per heavy atom. The first-order valence-electron chi connectivity index (χ1n) is 6.20. The zero-order valence-corrected chi connectivity index (χ0v) is 11.4. The zero-order valence-electron chi connectivity index (χ0n) is 11.4. The molecule has 2 rings (SSSR count). The van der Waals surface area contributed by atoms with Crippen LogP contribution in [0.5, 0.6) is 5.75 Å². The average Bonchev–Trinajstić information content (AvgIpc) is 2.51. The molecule has 2 aromatic rings. The summed E-state index contributed by atoms with van der Waals surface area (Å²) in [7, 11) is 1.43. The Hall–Kier alpha value is -2.54.